The Morgan fingerprint density at radius 1 is 1.19 bits per heavy atom. The van der Waals surface area contributed by atoms with Crippen molar-refractivity contribution >= 4 is 17.7 Å². The lowest BCUT2D eigenvalue weighted by molar-refractivity contribution is -0.139. The highest BCUT2D eigenvalue weighted by Gasteiger charge is 2.19. The number of carbonyl (C=O) groups excluding carboxylic acids is 1. The molecule has 5 nitrogen and oxygen atoms in total. The maximum absolute atomic E-state index is 11.8. The molecule has 1 aromatic carbocycles. The van der Waals surface area contributed by atoms with Gasteiger partial charge in [0.25, 0.3) is 0 Å². The maximum Gasteiger partial charge on any atom is 0.326 e. The van der Waals surface area contributed by atoms with Crippen LogP contribution in [0.25, 0.3) is 0 Å². The number of amides is 2. The highest BCUT2D eigenvalue weighted by molar-refractivity contribution is 5.92. The molecule has 0 aromatic heterocycles. The van der Waals surface area contributed by atoms with Crippen LogP contribution in [-0.2, 0) is 10.2 Å². The summed E-state index contributed by atoms with van der Waals surface area (Å²) in [6, 6.07) is 6.18. The largest absolute Gasteiger partial charge is 0.480 e. The summed E-state index contributed by atoms with van der Waals surface area (Å²) in [4.78, 5) is 22.8. The Morgan fingerprint density at radius 2 is 1.76 bits per heavy atom. The average Bonchev–Trinajstić information content (AvgIpc) is 2.37. The van der Waals surface area contributed by atoms with Gasteiger partial charge in [0.1, 0.15) is 6.04 Å². The molecule has 0 bridgehead atoms. The van der Waals surface area contributed by atoms with E-state index >= 15 is 0 Å². The molecule has 1 atom stereocenters. The van der Waals surface area contributed by atoms with Gasteiger partial charge in [0.2, 0.25) is 0 Å². The fourth-order valence-corrected chi connectivity index (χ4v) is 1.93. The summed E-state index contributed by atoms with van der Waals surface area (Å²) in [5, 5.41) is 14.1. The molecule has 0 saturated carbocycles. The van der Waals surface area contributed by atoms with Gasteiger partial charge in [-0.3, -0.25) is 0 Å². The zero-order valence-electron chi connectivity index (χ0n) is 13.1. The Kier molecular flexibility index (Phi) is 5.76. The normalized spacial score (nSPS) is 12.6. The average molecular weight is 292 g/mol. The number of benzene rings is 1. The molecule has 3 N–H and O–H groups in total. The van der Waals surface area contributed by atoms with Gasteiger partial charge in [-0.25, -0.2) is 9.59 Å². The van der Waals surface area contributed by atoms with E-state index in [0.717, 1.165) is 0 Å². The van der Waals surface area contributed by atoms with E-state index in [2.05, 4.69) is 31.4 Å². The van der Waals surface area contributed by atoms with Crippen LogP contribution in [0.5, 0.6) is 0 Å². The molecular formula is C16H24N2O3. The summed E-state index contributed by atoms with van der Waals surface area (Å²) in [5.41, 5.74) is 1.86. The van der Waals surface area contributed by atoms with Crippen LogP contribution in [0, 0.1) is 0 Å². The molecule has 1 rings (SSSR count). The molecule has 0 radical (unpaired) electrons. The number of urea groups is 1. The lowest BCUT2D eigenvalue weighted by Crippen LogP contribution is -2.42. The quantitative estimate of drug-likeness (QED) is 0.778. The van der Waals surface area contributed by atoms with Crippen molar-refractivity contribution in [3.05, 3.63) is 29.8 Å². The predicted octanol–water partition coefficient (Wildman–Crippen LogP) is 3.36. The van der Waals surface area contributed by atoms with E-state index in [-0.39, 0.29) is 5.41 Å². The number of carbonyl (C=O) groups is 2. The Morgan fingerprint density at radius 3 is 2.19 bits per heavy atom. The van der Waals surface area contributed by atoms with Crippen LogP contribution in [-0.4, -0.2) is 23.1 Å². The van der Waals surface area contributed by atoms with Crippen molar-refractivity contribution in [3.63, 3.8) is 0 Å². The lowest BCUT2D eigenvalue weighted by atomic mass is 9.87. The van der Waals surface area contributed by atoms with Crippen molar-refractivity contribution in [2.24, 2.45) is 0 Å². The van der Waals surface area contributed by atoms with Crippen LogP contribution < -0.4 is 10.6 Å². The number of hydrogen-bond donors (Lipinski definition) is 3. The zero-order chi connectivity index (χ0) is 16.0. The van der Waals surface area contributed by atoms with Gasteiger partial charge in [-0.05, 0) is 29.5 Å². The summed E-state index contributed by atoms with van der Waals surface area (Å²) < 4.78 is 0. The minimum atomic E-state index is -1.02. The van der Waals surface area contributed by atoms with E-state index < -0.39 is 18.0 Å². The van der Waals surface area contributed by atoms with Gasteiger partial charge in [0.15, 0.2) is 0 Å². The third-order valence-electron chi connectivity index (χ3n) is 3.19. The smallest absolute Gasteiger partial charge is 0.326 e. The molecule has 0 aliphatic carbocycles. The molecule has 5 heteroatoms. The summed E-state index contributed by atoms with van der Waals surface area (Å²) in [6.07, 6.45) is 1.10. The highest BCUT2D eigenvalue weighted by atomic mass is 16.4. The Labute approximate surface area is 125 Å². The predicted molar refractivity (Wildman–Crippen MR) is 83.6 cm³/mol. The second kappa shape index (κ2) is 7.11. The molecule has 0 saturated heterocycles. The summed E-state index contributed by atoms with van der Waals surface area (Å²) in [6.45, 7) is 8.22. The van der Waals surface area contributed by atoms with Gasteiger partial charge in [-0.2, -0.15) is 0 Å². The lowest BCUT2D eigenvalue weighted by Gasteiger charge is -2.19. The first-order chi connectivity index (χ1) is 9.74. The second-order valence-electron chi connectivity index (χ2n) is 6.11. The van der Waals surface area contributed by atoms with Crippen LogP contribution in [0.4, 0.5) is 10.5 Å². The molecule has 21 heavy (non-hydrogen) atoms. The van der Waals surface area contributed by atoms with Crippen molar-refractivity contribution in [2.75, 3.05) is 5.32 Å². The molecule has 0 heterocycles. The topological polar surface area (TPSA) is 78.4 Å². The molecule has 116 valence electrons. The van der Waals surface area contributed by atoms with E-state index in [1.54, 1.807) is 0 Å². The number of anilines is 1. The van der Waals surface area contributed by atoms with Crippen molar-refractivity contribution in [2.45, 2.75) is 52.0 Å². The third-order valence-corrected chi connectivity index (χ3v) is 3.19. The van der Waals surface area contributed by atoms with Crippen molar-refractivity contribution in [1.29, 1.82) is 0 Å². The van der Waals surface area contributed by atoms with Crippen LogP contribution in [0.2, 0.25) is 0 Å². The highest BCUT2D eigenvalue weighted by Crippen LogP contribution is 2.23. The maximum atomic E-state index is 11.8. The van der Waals surface area contributed by atoms with Crippen molar-refractivity contribution < 1.29 is 14.7 Å². The monoisotopic (exact) mass is 292 g/mol. The van der Waals surface area contributed by atoms with Gasteiger partial charge in [0.05, 0.1) is 0 Å². The van der Waals surface area contributed by atoms with Gasteiger partial charge >= 0.3 is 12.0 Å². The number of nitrogens with one attached hydrogen (secondary N) is 2. The van der Waals surface area contributed by atoms with E-state index in [4.69, 9.17) is 5.11 Å². The van der Waals surface area contributed by atoms with Crippen LogP contribution in [0.3, 0.4) is 0 Å². The van der Waals surface area contributed by atoms with E-state index in [9.17, 15) is 9.59 Å². The fourth-order valence-electron chi connectivity index (χ4n) is 1.93. The van der Waals surface area contributed by atoms with Crippen molar-refractivity contribution in [3.8, 4) is 0 Å². The van der Waals surface area contributed by atoms with Crippen molar-refractivity contribution in [1.82, 2.24) is 5.32 Å². The standard InChI is InChI=1S/C16H24N2O3/c1-5-6-13(14(19)20)18-15(21)17-12-9-7-11(8-10-12)16(2,3)4/h7-10,13H,5-6H2,1-4H3,(H,19,20)(H2,17,18,21)/t13-/m1/s1. The first kappa shape index (κ1) is 17.0. The van der Waals surface area contributed by atoms with Crippen LogP contribution in [0.1, 0.15) is 46.1 Å². The summed E-state index contributed by atoms with van der Waals surface area (Å²) >= 11 is 0. The minimum Gasteiger partial charge on any atom is -0.480 e. The minimum absolute atomic E-state index is 0.0519. The number of rotatable bonds is 5. The number of hydrogen-bond acceptors (Lipinski definition) is 2. The second-order valence-corrected chi connectivity index (χ2v) is 6.11. The van der Waals surface area contributed by atoms with E-state index in [0.29, 0.717) is 18.5 Å². The Hall–Kier alpha value is -2.04. The van der Waals surface area contributed by atoms with Gasteiger partial charge in [-0.15, -0.1) is 0 Å². The summed E-state index contributed by atoms with van der Waals surface area (Å²) in [7, 11) is 0. The molecule has 0 aliphatic rings. The van der Waals surface area contributed by atoms with Crippen LogP contribution in [0.15, 0.2) is 24.3 Å². The van der Waals surface area contributed by atoms with Gasteiger partial charge < -0.3 is 15.7 Å². The summed E-state index contributed by atoms with van der Waals surface area (Å²) in [5.74, 6) is -1.02. The first-order valence-electron chi connectivity index (χ1n) is 7.15. The fraction of sp³-hybridized carbons (Fsp3) is 0.500. The van der Waals surface area contributed by atoms with Crippen LogP contribution >= 0.6 is 0 Å². The molecule has 0 spiro atoms. The number of carboxylic acids is 1. The molecular weight excluding hydrogens is 268 g/mol. The first-order valence-corrected chi connectivity index (χ1v) is 7.15. The van der Waals surface area contributed by atoms with E-state index in [1.807, 2.05) is 31.2 Å². The SMILES string of the molecule is CCC[C@@H](NC(=O)Nc1ccc(C(C)(C)C)cc1)C(=O)O. The Balaban J connectivity index is 2.64. The molecule has 0 fully saturated rings. The molecule has 1 aromatic rings. The molecule has 0 unspecified atom stereocenters. The third kappa shape index (κ3) is 5.45. The van der Waals surface area contributed by atoms with E-state index in [1.165, 1.54) is 5.56 Å². The molecule has 0 aliphatic heterocycles. The Bertz CT molecular complexity index is 489. The molecule has 2 amide bonds. The number of carboxylic acid groups (broad SMARTS) is 1. The number of aliphatic carboxylic acids is 1. The zero-order valence-corrected chi connectivity index (χ0v) is 13.1. The van der Waals surface area contributed by atoms with Gasteiger partial charge in [-0.1, -0.05) is 46.2 Å². The van der Waals surface area contributed by atoms with Gasteiger partial charge in [0, 0.05) is 5.69 Å².